The number of carbonyl (C=O) groups excluding carboxylic acids is 1. The lowest BCUT2D eigenvalue weighted by Crippen LogP contribution is -2.24. The van der Waals surface area contributed by atoms with Gasteiger partial charge in [0.2, 0.25) is 0 Å². The lowest BCUT2D eigenvalue weighted by atomic mass is 10.1. The summed E-state index contributed by atoms with van der Waals surface area (Å²) >= 11 is 0. The van der Waals surface area contributed by atoms with E-state index in [9.17, 15) is 13.6 Å². The van der Waals surface area contributed by atoms with Gasteiger partial charge in [-0.05, 0) is 23.6 Å². The van der Waals surface area contributed by atoms with Crippen LogP contribution in [0.3, 0.4) is 0 Å². The first-order valence-electron chi connectivity index (χ1n) is 7.64. The van der Waals surface area contributed by atoms with Crippen LogP contribution in [-0.2, 0) is 11.3 Å². The molecule has 0 aliphatic rings. The van der Waals surface area contributed by atoms with E-state index in [1.807, 2.05) is 36.4 Å². The number of amides is 1. The van der Waals surface area contributed by atoms with Gasteiger partial charge in [0.25, 0.3) is 6.43 Å². The van der Waals surface area contributed by atoms with Gasteiger partial charge < -0.3 is 10.1 Å². The molecule has 0 bridgehead atoms. The molecule has 0 spiro atoms. The fraction of sp³-hybridized carbons (Fsp3) is 0.211. The van der Waals surface area contributed by atoms with E-state index in [-0.39, 0.29) is 12.2 Å². The third-order valence-electron chi connectivity index (χ3n) is 3.27. The van der Waals surface area contributed by atoms with Crippen molar-refractivity contribution in [2.24, 2.45) is 0 Å². The SMILES string of the molecule is O=C(NCCC=Cc1cccc(C(F)F)c1)OCc1ccccc1. The van der Waals surface area contributed by atoms with Crippen LogP contribution in [0.2, 0.25) is 0 Å². The second kappa shape index (κ2) is 9.45. The summed E-state index contributed by atoms with van der Waals surface area (Å²) in [4.78, 5) is 11.5. The number of carbonyl (C=O) groups is 1. The van der Waals surface area contributed by atoms with Gasteiger partial charge in [-0.15, -0.1) is 0 Å². The summed E-state index contributed by atoms with van der Waals surface area (Å²) in [6.45, 7) is 0.640. The highest BCUT2D eigenvalue weighted by molar-refractivity contribution is 5.67. The molecule has 0 unspecified atom stereocenters. The molecule has 0 saturated carbocycles. The number of halogens is 2. The summed E-state index contributed by atoms with van der Waals surface area (Å²) in [5.41, 5.74) is 1.63. The summed E-state index contributed by atoms with van der Waals surface area (Å²) in [6, 6.07) is 15.6. The zero-order valence-corrected chi connectivity index (χ0v) is 13.1. The van der Waals surface area contributed by atoms with Crippen LogP contribution in [0.1, 0.15) is 29.5 Å². The quantitative estimate of drug-likeness (QED) is 0.729. The summed E-state index contributed by atoms with van der Waals surface area (Å²) < 4.78 is 30.3. The van der Waals surface area contributed by atoms with Crippen LogP contribution in [0, 0.1) is 0 Å². The molecular formula is C19H19F2NO2. The Morgan fingerprint density at radius 2 is 1.92 bits per heavy atom. The Morgan fingerprint density at radius 1 is 1.12 bits per heavy atom. The molecule has 24 heavy (non-hydrogen) atoms. The predicted octanol–water partition coefficient (Wildman–Crippen LogP) is 4.95. The lowest BCUT2D eigenvalue weighted by Gasteiger charge is -2.06. The molecule has 2 aromatic rings. The molecule has 0 fully saturated rings. The third-order valence-corrected chi connectivity index (χ3v) is 3.27. The maximum Gasteiger partial charge on any atom is 0.407 e. The molecule has 3 nitrogen and oxygen atoms in total. The van der Waals surface area contributed by atoms with Crippen molar-refractivity contribution in [3.05, 3.63) is 77.4 Å². The molecule has 1 N–H and O–H groups in total. The molecule has 0 saturated heterocycles. The number of alkyl carbamates (subject to hydrolysis) is 1. The Bertz CT molecular complexity index is 672. The van der Waals surface area contributed by atoms with E-state index in [0.717, 1.165) is 5.56 Å². The highest BCUT2D eigenvalue weighted by Crippen LogP contribution is 2.19. The summed E-state index contributed by atoms with van der Waals surface area (Å²) in [5, 5.41) is 2.64. The maximum atomic E-state index is 12.6. The largest absolute Gasteiger partial charge is 0.445 e. The highest BCUT2D eigenvalue weighted by Gasteiger charge is 2.05. The van der Waals surface area contributed by atoms with E-state index in [4.69, 9.17) is 4.74 Å². The molecule has 0 heterocycles. The molecule has 0 aromatic heterocycles. The van der Waals surface area contributed by atoms with Gasteiger partial charge in [0.15, 0.2) is 0 Å². The van der Waals surface area contributed by atoms with E-state index in [1.54, 1.807) is 18.2 Å². The van der Waals surface area contributed by atoms with Crippen LogP contribution in [0.4, 0.5) is 13.6 Å². The van der Waals surface area contributed by atoms with Gasteiger partial charge in [-0.2, -0.15) is 0 Å². The van der Waals surface area contributed by atoms with Gasteiger partial charge in [0.1, 0.15) is 6.61 Å². The standard InChI is InChI=1S/C19H19F2NO2/c20-18(21)17-11-6-10-15(13-17)7-4-5-12-22-19(23)24-14-16-8-2-1-3-9-16/h1-4,6-11,13,18H,5,12,14H2,(H,22,23). The first kappa shape index (κ1) is 17.7. The third kappa shape index (κ3) is 6.20. The van der Waals surface area contributed by atoms with Gasteiger partial charge in [-0.25, -0.2) is 13.6 Å². The summed E-state index contributed by atoms with van der Waals surface area (Å²) in [6.07, 6.45) is 1.20. The Hall–Kier alpha value is -2.69. The Kier molecular flexibility index (Phi) is 6.95. The monoisotopic (exact) mass is 331 g/mol. The number of benzene rings is 2. The maximum absolute atomic E-state index is 12.6. The van der Waals surface area contributed by atoms with Crippen molar-refractivity contribution < 1.29 is 18.3 Å². The fourth-order valence-electron chi connectivity index (χ4n) is 2.05. The Labute approximate surface area is 140 Å². The molecule has 126 valence electrons. The minimum Gasteiger partial charge on any atom is -0.445 e. The average molecular weight is 331 g/mol. The number of alkyl halides is 2. The van der Waals surface area contributed by atoms with Gasteiger partial charge in [-0.3, -0.25) is 0 Å². The Balaban J connectivity index is 1.67. The van der Waals surface area contributed by atoms with Gasteiger partial charge in [0.05, 0.1) is 0 Å². The first-order chi connectivity index (χ1) is 11.6. The second-order valence-electron chi connectivity index (χ2n) is 5.15. The topological polar surface area (TPSA) is 38.3 Å². The van der Waals surface area contributed by atoms with Gasteiger partial charge in [-0.1, -0.05) is 60.7 Å². The van der Waals surface area contributed by atoms with Crippen molar-refractivity contribution in [2.45, 2.75) is 19.5 Å². The van der Waals surface area contributed by atoms with Crippen LogP contribution in [-0.4, -0.2) is 12.6 Å². The van der Waals surface area contributed by atoms with Crippen molar-refractivity contribution in [1.29, 1.82) is 0 Å². The molecule has 1 amide bonds. The van der Waals surface area contributed by atoms with Crippen LogP contribution < -0.4 is 5.32 Å². The minimum atomic E-state index is -2.47. The van der Waals surface area contributed by atoms with Crippen LogP contribution in [0.15, 0.2) is 60.7 Å². The average Bonchev–Trinajstić information content (AvgIpc) is 2.61. The van der Waals surface area contributed by atoms with Crippen molar-refractivity contribution in [2.75, 3.05) is 6.54 Å². The number of rotatable bonds is 7. The van der Waals surface area contributed by atoms with E-state index in [0.29, 0.717) is 18.5 Å². The molecule has 0 aliphatic heterocycles. The predicted molar refractivity (Wildman–Crippen MR) is 89.7 cm³/mol. The zero-order valence-electron chi connectivity index (χ0n) is 13.1. The van der Waals surface area contributed by atoms with Crippen molar-refractivity contribution in [1.82, 2.24) is 5.32 Å². The van der Waals surface area contributed by atoms with Crippen molar-refractivity contribution in [3.63, 3.8) is 0 Å². The van der Waals surface area contributed by atoms with Crippen LogP contribution in [0.25, 0.3) is 6.08 Å². The van der Waals surface area contributed by atoms with Crippen LogP contribution in [0.5, 0.6) is 0 Å². The normalized spacial score (nSPS) is 11.0. The fourth-order valence-corrected chi connectivity index (χ4v) is 2.05. The van der Waals surface area contributed by atoms with E-state index in [1.165, 1.54) is 12.1 Å². The molecule has 0 atom stereocenters. The van der Waals surface area contributed by atoms with E-state index >= 15 is 0 Å². The molecule has 2 rings (SSSR count). The van der Waals surface area contributed by atoms with Crippen molar-refractivity contribution in [3.8, 4) is 0 Å². The molecule has 5 heteroatoms. The summed E-state index contributed by atoms with van der Waals surface area (Å²) in [5.74, 6) is 0. The summed E-state index contributed by atoms with van der Waals surface area (Å²) in [7, 11) is 0. The van der Waals surface area contributed by atoms with Gasteiger partial charge >= 0.3 is 6.09 Å². The van der Waals surface area contributed by atoms with Crippen LogP contribution >= 0.6 is 0 Å². The first-order valence-corrected chi connectivity index (χ1v) is 7.64. The smallest absolute Gasteiger partial charge is 0.407 e. The minimum absolute atomic E-state index is 0.000218. The van der Waals surface area contributed by atoms with E-state index in [2.05, 4.69) is 5.32 Å². The molecule has 2 aromatic carbocycles. The number of ether oxygens (including phenoxy) is 1. The second-order valence-corrected chi connectivity index (χ2v) is 5.15. The number of hydrogen-bond donors (Lipinski definition) is 1. The van der Waals surface area contributed by atoms with Gasteiger partial charge in [0, 0.05) is 12.1 Å². The lowest BCUT2D eigenvalue weighted by molar-refractivity contribution is 0.140. The Morgan fingerprint density at radius 3 is 2.67 bits per heavy atom. The van der Waals surface area contributed by atoms with E-state index < -0.39 is 12.5 Å². The molecule has 0 radical (unpaired) electrons. The number of nitrogens with one attached hydrogen (secondary N) is 1. The number of hydrogen-bond acceptors (Lipinski definition) is 2. The van der Waals surface area contributed by atoms with Crippen molar-refractivity contribution >= 4 is 12.2 Å². The molecule has 0 aliphatic carbocycles. The molecular weight excluding hydrogens is 312 g/mol. The highest BCUT2D eigenvalue weighted by atomic mass is 19.3. The zero-order chi connectivity index (χ0) is 17.2.